The zero-order chi connectivity index (χ0) is 13.8. The highest BCUT2D eigenvalue weighted by Crippen LogP contribution is 2.35. The minimum absolute atomic E-state index is 0.267. The maximum absolute atomic E-state index is 5.46. The molecule has 0 spiro atoms. The number of hydrogen-bond donors (Lipinski definition) is 0. The Morgan fingerprint density at radius 1 is 1.11 bits per heavy atom. The van der Waals surface area contributed by atoms with Crippen LogP contribution in [-0.4, -0.2) is 7.11 Å². The van der Waals surface area contributed by atoms with Gasteiger partial charge in [-0.3, -0.25) is 0 Å². The van der Waals surface area contributed by atoms with Gasteiger partial charge in [0, 0.05) is 10.4 Å². The molecule has 100 valence electrons. The van der Waals surface area contributed by atoms with E-state index in [0.29, 0.717) is 0 Å². The number of ether oxygens (including phenoxy) is 1. The molecule has 0 amide bonds. The van der Waals surface area contributed by atoms with Crippen LogP contribution in [0.2, 0.25) is 0 Å². The second-order valence-electron chi connectivity index (χ2n) is 4.84. The van der Waals surface area contributed by atoms with E-state index in [0.717, 1.165) is 12.2 Å². The van der Waals surface area contributed by atoms with E-state index < -0.39 is 0 Å². The highest BCUT2D eigenvalue weighted by Gasteiger charge is 2.14. The van der Waals surface area contributed by atoms with Crippen LogP contribution >= 0.6 is 15.9 Å². The van der Waals surface area contributed by atoms with Gasteiger partial charge in [-0.25, -0.2) is 0 Å². The van der Waals surface area contributed by atoms with E-state index in [9.17, 15) is 0 Å². The Morgan fingerprint density at radius 2 is 1.84 bits per heavy atom. The normalized spacial score (nSPS) is 12.2. The fourth-order valence-electron chi connectivity index (χ4n) is 2.24. The Bertz CT molecular complexity index is 563. The maximum Gasteiger partial charge on any atom is 0.123 e. The summed E-state index contributed by atoms with van der Waals surface area (Å²) in [4.78, 5) is 0.267. The fourth-order valence-corrected chi connectivity index (χ4v) is 2.95. The van der Waals surface area contributed by atoms with Crippen molar-refractivity contribution in [3.8, 4) is 5.75 Å². The molecule has 2 aromatic rings. The first kappa shape index (κ1) is 14.1. The monoisotopic (exact) mass is 318 g/mol. The van der Waals surface area contributed by atoms with Crippen molar-refractivity contribution in [1.29, 1.82) is 0 Å². The number of aryl methyl sites for hydroxylation is 2. The molecule has 0 radical (unpaired) electrons. The van der Waals surface area contributed by atoms with Gasteiger partial charge in [0.05, 0.1) is 7.11 Å². The van der Waals surface area contributed by atoms with Crippen LogP contribution in [-0.2, 0) is 6.42 Å². The quantitative estimate of drug-likeness (QED) is 0.721. The molecule has 0 fully saturated rings. The van der Waals surface area contributed by atoms with E-state index in [1.54, 1.807) is 7.11 Å². The average molecular weight is 319 g/mol. The minimum Gasteiger partial charge on any atom is -0.496 e. The third kappa shape index (κ3) is 3.38. The number of methoxy groups -OCH3 is 1. The lowest BCUT2D eigenvalue weighted by Crippen LogP contribution is -2.00. The lowest BCUT2D eigenvalue weighted by molar-refractivity contribution is 0.409. The van der Waals surface area contributed by atoms with Gasteiger partial charge >= 0.3 is 0 Å². The number of alkyl halides is 1. The lowest BCUT2D eigenvalue weighted by atomic mass is 9.99. The highest BCUT2D eigenvalue weighted by molar-refractivity contribution is 9.09. The zero-order valence-electron chi connectivity index (χ0n) is 11.6. The molecule has 0 heterocycles. The van der Waals surface area contributed by atoms with E-state index in [1.807, 2.05) is 6.07 Å². The predicted molar refractivity (Wildman–Crippen MR) is 84.3 cm³/mol. The number of rotatable bonds is 4. The van der Waals surface area contributed by atoms with Crippen molar-refractivity contribution >= 4 is 15.9 Å². The van der Waals surface area contributed by atoms with Crippen molar-refractivity contribution in [1.82, 2.24) is 0 Å². The first-order chi connectivity index (χ1) is 9.11. The molecule has 0 aliphatic rings. The number of benzene rings is 2. The summed E-state index contributed by atoms with van der Waals surface area (Å²) in [7, 11) is 1.72. The molecule has 2 rings (SSSR count). The molecule has 0 aliphatic carbocycles. The second-order valence-corrected chi connectivity index (χ2v) is 5.95. The molecule has 0 saturated carbocycles. The Morgan fingerprint density at radius 3 is 2.53 bits per heavy atom. The van der Waals surface area contributed by atoms with Crippen LogP contribution in [0, 0.1) is 13.8 Å². The van der Waals surface area contributed by atoms with Crippen molar-refractivity contribution in [2.75, 3.05) is 7.11 Å². The van der Waals surface area contributed by atoms with Crippen molar-refractivity contribution in [2.24, 2.45) is 0 Å². The van der Waals surface area contributed by atoms with Crippen LogP contribution < -0.4 is 4.74 Å². The second kappa shape index (κ2) is 6.25. The summed E-state index contributed by atoms with van der Waals surface area (Å²) < 4.78 is 5.46. The summed E-state index contributed by atoms with van der Waals surface area (Å²) in [6.07, 6.45) is 0.965. The van der Waals surface area contributed by atoms with Gasteiger partial charge in [-0.2, -0.15) is 0 Å². The van der Waals surface area contributed by atoms with Gasteiger partial charge in [0.2, 0.25) is 0 Å². The molecule has 0 aliphatic heterocycles. The lowest BCUT2D eigenvalue weighted by Gasteiger charge is -2.16. The Hall–Kier alpha value is -1.28. The molecular formula is C17H19BrO. The largest absolute Gasteiger partial charge is 0.496 e. The predicted octanol–water partition coefficient (Wildman–Crippen LogP) is 4.99. The molecule has 1 nitrogen and oxygen atoms in total. The molecular weight excluding hydrogens is 300 g/mol. The fraction of sp³-hybridized carbons (Fsp3) is 0.294. The summed E-state index contributed by atoms with van der Waals surface area (Å²) in [5.41, 5.74) is 5.17. The van der Waals surface area contributed by atoms with Crippen molar-refractivity contribution in [3.63, 3.8) is 0 Å². The molecule has 1 atom stereocenters. The van der Waals surface area contributed by atoms with Crippen LogP contribution in [0.15, 0.2) is 42.5 Å². The van der Waals surface area contributed by atoms with E-state index in [2.05, 4.69) is 66.2 Å². The molecule has 19 heavy (non-hydrogen) atoms. The van der Waals surface area contributed by atoms with Crippen LogP contribution in [0.1, 0.15) is 27.1 Å². The molecule has 0 aromatic heterocycles. The maximum atomic E-state index is 5.46. The molecule has 2 heteroatoms. The first-order valence-corrected chi connectivity index (χ1v) is 7.36. The first-order valence-electron chi connectivity index (χ1n) is 6.45. The third-order valence-electron chi connectivity index (χ3n) is 3.38. The van der Waals surface area contributed by atoms with E-state index in [1.165, 1.54) is 22.3 Å². The Labute approximate surface area is 123 Å². The van der Waals surface area contributed by atoms with Gasteiger partial charge in [-0.15, -0.1) is 0 Å². The molecule has 2 aromatic carbocycles. The topological polar surface area (TPSA) is 9.23 Å². The number of hydrogen-bond acceptors (Lipinski definition) is 1. The molecule has 0 saturated heterocycles. The Balaban J connectivity index is 2.27. The van der Waals surface area contributed by atoms with Gasteiger partial charge in [-0.1, -0.05) is 57.9 Å². The van der Waals surface area contributed by atoms with Gasteiger partial charge in [0.15, 0.2) is 0 Å². The zero-order valence-corrected chi connectivity index (χ0v) is 13.2. The van der Waals surface area contributed by atoms with Crippen LogP contribution in [0.3, 0.4) is 0 Å². The van der Waals surface area contributed by atoms with Crippen molar-refractivity contribution in [3.05, 3.63) is 64.7 Å². The highest BCUT2D eigenvalue weighted by atomic mass is 79.9. The van der Waals surface area contributed by atoms with E-state index in [-0.39, 0.29) is 4.83 Å². The summed E-state index contributed by atoms with van der Waals surface area (Å²) in [6.45, 7) is 4.26. The van der Waals surface area contributed by atoms with Crippen LogP contribution in [0.5, 0.6) is 5.75 Å². The summed E-state index contributed by atoms with van der Waals surface area (Å²) in [5, 5.41) is 0. The molecule has 1 unspecified atom stereocenters. The standard InChI is InChI=1S/C17H19BrO/c1-12-8-9-17(19-3)15(10-12)16(18)11-14-7-5-4-6-13(14)2/h4-10,16H,11H2,1-3H3. The molecule has 0 bridgehead atoms. The van der Waals surface area contributed by atoms with Gasteiger partial charge in [-0.05, 0) is 37.5 Å². The van der Waals surface area contributed by atoms with Crippen molar-refractivity contribution < 1.29 is 4.74 Å². The molecule has 0 N–H and O–H groups in total. The van der Waals surface area contributed by atoms with Gasteiger partial charge < -0.3 is 4.74 Å². The average Bonchev–Trinajstić information content (AvgIpc) is 2.41. The summed E-state index contributed by atoms with van der Waals surface area (Å²) in [5.74, 6) is 0.945. The van der Waals surface area contributed by atoms with Crippen molar-refractivity contribution in [2.45, 2.75) is 25.1 Å². The van der Waals surface area contributed by atoms with Crippen LogP contribution in [0.4, 0.5) is 0 Å². The summed E-state index contributed by atoms with van der Waals surface area (Å²) in [6, 6.07) is 14.8. The summed E-state index contributed by atoms with van der Waals surface area (Å²) >= 11 is 3.80. The SMILES string of the molecule is COc1ccc(C)cc1C(Br)Cc1ccccc1C. The smallest absolute Gasteiger partial charge is 0.123 e. The van der Waals surface area contributed by atoms with E-state index >= 15 is 0 Å². The van der Waals surface area contributed by atoms with Gasteiger partial charge in [0.1, 0.15) is 5.75 Å². The third-order valence-corrected chi connectivity index (χ3v) is 4.20. The Kier molecular flexibility index (Phi) is 4.65. The van der Waals surface area contributed by atoms with Crippen LogP contribution in [0.25, 0.3) is 0 Å². The van der Waals surface area contributed by atoms with Gasteiger partial charge in [0.25, 0.3) is 0 Å². The number of halogens is 1. The van der Waals surface area contributed by atoms with E-state index in [4.69, 9.17) is 4.74 Å². The minimum atomic E-state index is 0.267.